The van der Waals surface area contributed by atoms with E-state index in [2.05, 4.69) is 19.2 Å². The molecule has 0 aromatic carbocycles. The van der Waals surface area contributed by atoms with Crippen LogP contribution in [0.4, 0.5) is 0 Å². The lowest BCUT2D eigenvalue weighted by Gasteiger charge is -2.43. The molecule has 2 unspecified atom stereocenters. The molecular formula is C15H28N2O3. The maximum Gasteiger partial charge on any atom is 0.248 e. The molecule has 20 heavy (non-hydrogen) atoms. The minimum absolute atomic E-state index is 0.000373. The van der Waals surface area contributed by atoms with Crippen LogP contribution in [0.3, 0.4) is 0 Å². The van der Waals surface area contributed by atoms with E-state index in [0.717, 1.165) is 0 Å². The largest absolute Gasteiger partial charge is 0.379 e. The lowest BCUT2D eigenvalue weighted by Crippen LogP contribution is -2.69. The van der Waals surface area contributed by atoms with Crippen LogP contribution in [0, 0.1) is 5.92 Å². The zero-order chi connectivity index (χ0) is 15.3. The third-order valence-corrected chi connectivity index (χ3v) is 3.83. The summed E-state index contributed by atoms with van der Waals surface area (Å²) in [5.41, 5.74) is -0.777. The molecule has 1 fully saturated rings. The summed E-state index contributed by atoms with van der Waals surface area (Å²) in [6, 6.07) is -0.371. The SMILES string of the molecule is CCC1C(=O)NC(C)(CC)C(=O)N1CCOCC(C)C. The summed E-state index contributed by atoms with van der Waals surface area (Å²) in [6.45, 7) is 11.4. The van der Waals surface area contributed by atoms with Crippen LogP contribution < -0.4 is 5.32 Å². The summed E-state index contributed by atoms with van der Waals surface area (Å²) in [5, 5.41) is 2.86. The zero-order valence-electron chi connectivity index (χ0n) is 13.4. The molecule has 1 aliphatic rings. The van der Waals surface area contributed by atoms with Gasteiger partial charge >= 0.3 is 0 Å². The molecule has 0 aromatic heterocycles. The minimum atomic E-state index is -0.777. The van der Waals surface area contributed by atoms with Crippen molar-refractivity contribution in [1.29, 1.82) is 0 Å². The van der Waals surface area contributed by atoms with E-state index in [4.69, 9.17) is 4.74 Å². The summed E-state index contributed by atoms with van der Waals surface area (Å²) in [7, 11) is 0. The predicted octanol–water partition coefficient (Wildman–Crippen LogP) is 1.56. The number of rotatable bonds is 7. The first-order valence-electron chi connectivity index (χ1n) is 7.56. The molecule has 1 rings (SSSR count). The molecule has 5 nitrogen and oxygen atoms in total. The Morgan fingerprint density at radius 2 is 2.00 bits per heavy atom. The summed E-state index contributed by atoms with van der Waals surface area (Å²) < 4.78 is 5.55. The van der Waals surface area contributed by atoms with Crippen molar-refractivity contribution in [3.63, 3.8) is 0 Å². The number of hydrogen-bond acceptors (Lipinski definition) is 3. The van der Waals surface area contributed by atoms with E-state index in [-0.39, 0.29) is 17.9 Å². The van der Waals surface area contributed by atoms with Gasteiger partial charge in [0.05, 0.1) is 6.61 Å². The van der Waals surface area contributed by atoms with E-state index in [1.165, 1.54) is 0 Å². The van der Waals surface area contributed by atoms with E-state index in [1.54, 1.807) is 11.8 Å². The third kappa shape index (κ3) is 3.72. The van der Waals surface area contributed by atoms with Crippen molar-refractivity contribution in [2.24, 2.45) is 5.92 Å². The van der Waals surface area contributed by atoms with Gasteiger partial charge < -0.3 is 15.0 Å². The summed E-state index contributed by atoms with van der Waals surface area (Å²) in [6.07, 6.45) is 1.22. The van der Waals surface area contributed by atoms with Crippen LogP contribution in [0.25, 0.3) is 0 Å². The maximum absolute atomic E-state index is 12.6. The monoisotopic (exact) mass is 284 g/mol. The summed E-state index contributed by atoms with van der Waals surface area (Å²) >= 11 is 0. The second-order valence-electron chi connectivity index (χ2n) is 6.07. The average molecular weight is 284 g/mol. The van der Waals surface area contributed by atoms with Gasteiger partial charge in [0.25, 0.3) is 0 Å². The van der Waals surface area contributed by atoms with Crippen LogP contribution in [0.1, 0.15) is 47.5 Å². The number of piperazine rings is 1. The van der Waals surface area contributed by atoms with Gasteiger partial charge in [0.2, 0.25) is 11.8 Å². The van der Waals surface area contributed by atoms with Gasteiger partial charge in [0, 0.05) is 13.2 Å². The first-order chi connectivity index (χ1) is 9.35. The van der Waals surface area contributed by atoms with Crippen LogP contribution in [0.2, 0.25) is 0 Å². The molecule has 116 valence electrons. The van der Waals surface area contributed by atoms with Crippen molar-refractivity contribution in [2.75, 3.05) is 19.8 Å². The first kappa shape index (κ1) is 17.0. The lowest BCUT2D eigenvalue weighted by atomic mass is 9.91. The van der Waals surface area contributed by atoms with E-state index < -0.39 is 5.54 Å². The highest BCUT2D eigenvalue weighted by molar-refractivity contribution is 5.99. The van der Waals surface area contributed by atoms with E-state index in [1.807, 2.05) is 13.8 Å². The second-order valence-corrected chi connectivity index (χ2v) is 6.07. The fourth-order valence-corrected chi connectivity index (χ4v) is 2.39. The van der Waals surface area contributed by atoms with Crippen molar-refractivity contribution in [3.8, 4) is 0 Å². The highest BCUT2D eigenvalue weighted by Gasteiger charge is 2.45. The number of carbonyl (C=O) groups excluding carboxylic acids is 2. The summed E-state index contributed by atoms with van der Waals surface area (Å²) in [4.78, 5) is 26.4. The van der Waals surface area contributed by atoms with Gasteiger partial charge in [-0.2, -0.15) is 0 Å². The van der Waals surface area contributed by atoms with E-state index in [9.17, 15) is 9.59 Å². The fourth-order valence-electron chi connectivity index (χ4n) is 2.39. The van der Waals surface area contributed by atoms with Crippen molar-refractivity contribution in [2.45, 2.75) is 59.0 Å². The third-order valence-electron chi connectivity index (χ3n) is 3.83. The van der Waals surface area contributed by atoms with Crippen molar-refractivity contribution < 1.29 is 14.3 Å². The molecule has 0 spiro atoms. The predicted molar refractivity (Wildman–Crippen MR) is 78.3 cm³/mol. The van der Waals surface area contributed by atoms with Crippen molar-refractivity contribution in [3.05, 3.63) is 0 Å². The Kier molecular flexibility index (Phi) is 5.99. The molecule has 1 saturated heterocycles. The molecule has 1 aliphatic heterocycles. The molecule has 1 heterocycles. The van der Waals surface area contributed by atoms with Gasteiger partial charge in [0.15, 0.2) is 0 Å². The van der Waals surface area contributed by atoms with Crippen LogP contribution >= 0.6 is 0 Å². The van der Waals surface area contributed by atoms with Crippen LogP contribution in [0.15, 0.2) is 0 Å². The van der Waals surface area contributed by atoms with E-state index in [0.29, 0.717) is 38.5 Å². The Labute approximate surface area is 122 Å². The fraction of sp³-hybridized carbons (Fsp3) is 0.867. The Hall–Kier alpha value is -1.10. The molecule has 0 bridgehead atoms. The van der Waals surface area contributed by atoms with Gasteiger partial charge in [-0.25, -0.2) is 0 Å². The Morgan fingerprint density at radius 1 is 1.35 bits per heavy atom. The van der Waals surface area contributed by atoms with Gasteiger partial charge in [0.1, 0.15) is 11.6 Å². The normalized spacial score (nSPS) is 27.1. The molecule has 0 saturated carbocycles. The molecule has 2 amide bonds. The smallest absolute Gasteiger partial charge is 0.248 e. The van der Waals surface area contributed by atoms with Crippen molar-refractivity contribution in [1.82, 2.24) is 10.2 Å². The summed E-state index contributed by atoms with van der Waals surface area (Å²) in [5.74, 6) is 0.415. The molecule has 0 radical (unpaired) electrons. The molecule has 0 aromatic rings. The Bertz CT molecular complexity index is 357. The zero-order valence-corrected chi connectivity index (χ0v) is 13.4. The maximum atomic E-state index is 12.6. The first-order valence-corrected chi connectivity index (χ1v) is 7.56. The van der Waals surface area contributed by atoms with Gasteiger partial charge in [-0.05, 0) is 25.7 Å². The highest BCUT2D eigenvalue weighted by atomic mass is 16.5. The second kappa shape index (κ2) is 7.07. The number of amides is 2. The number of hydrogen-bond donors (Lipinski definition) is 1. The van der Waals surface area contributed by atoms with Gasteiger partial charge in [-0.3, -0.25) is 9.59 Å². The number of ether oxygens (including phenoxy) is 1. The van der Waals surface area contributed by atoms with Crippen LogP contribution in [-0.2, 0) is 14.3 Å². The number of nitrogens with one attached hydrogen (secondary N) is 1. The van der Waals surface area contributed by atoms with Crippen LogP contribution in [0.5, 0.6) is 0 Å². The van der Waals surface area contributed by atoms with Crippen LogP contribution in [-0.4, -0.2) is 48.1 Å². The van der Waals surface area contributed by atoms with Gasteiger partial charge in [-0.1, -0.05) is 27.7 Å². The quantitative estimate of drug-likeness (QED) is 0.722. The molecule has 5 heteroatoms. The highest BCUT2D eigenvalue weighted by Crippen LogP contribution is 2.22. The number of carbonyl (C=O) groups is 2. The standard InChI is InChI=1S/C15H28N2O3/c1-6-12-13(18)16-15(5,7-2)14(19)17(12)8-9-20-10-11(3)4/h11-12H,6-10H2,1-5H3,(H,16,18). The molecule has 0 aliphatic carbocycles. The lowest BCUT2D eigenvalue weighted by molar-refractivity contribution is -0.155. The Morgan fingerprint density at radius 3 is 2.50 bits per heavy atom. The van der Waals surface area contributed by atoms with E-state index >= 15 is 0 Å². The molecular weight excluding hydrogens is 256 g/mol. The van der Waals surface area contributed by atoms with Gasteiger partial charge in [-0.15, -0.1) is 0 Å². The Balaban J connectivity index is 2.71. The molecule has 1 N–H and O–H groups in total. The molecule has 2 atom stereocenters. The topological polar surface area (TPSA) is 58.6 Å². The van der Waals surface area contributed by atoms with Crippen molar-refractivity contribution >= 4 is 11.8 Å². The number of nitrogens with zero attached hydrogens (tertiary/aromatic N) is 1. The minimum Gasteiger partial charge on any atom is -0.379 e. The average Bonchev–Trinajstić information content (AvgIpc) is 2.39.